The Hall–Kier alpha value is -1.22. The van der Waals surface area contributed by atoms with Gasteiger partial charge in [-0.2, -0.15) is 0 Å². The zero-order valence-electron chi connectivity index (χ0n) is 10.5. The van der Waals surface area contributed by atoms with E-state index in [0.29, 0.717) is 18.1 Å². The second kappa shape index (κ2) is 6.50. The Kier molecular flexibility index (Phi) is 5.29. The third kappa shape index (κ3) is 3.93. The van der Waals surface area contributed by atoms with E-state index >= 15 is 0 Å². The molecule has 0 bridgehead atoms. The maximum absolute atomic E-state index is 11.3. The van der Waals surface area contributed by atoms with Crippen molar-refractivity contribution in [3.8, 4) is 5.75 Å². The number of anilines is 1. The summed E-state index contributed by atoms with van der Waals surface area (Å²) in [7, 11) is 3.85. The van der Waals surface area contributed by atoms with Crippen LogP contribution in [-0.4, -0.2) is 32.4 Å². The standard InChI is InChI=1S/C13H18ClNO2/c1-10(16)11-5-6-13(17-8-4-7-14)12(9-11)15(2)3/h5-6,9H,4,7-8H2,1-3H3. The number of ketones is 1. The van der Waals surface area contributed by atoms with Crippen LogP contribution in [0, 0.1) is 0 Å². The second-order valence-electron chi connectivity index (χ2n) is 4.02. The van der Waals surface area contributed by atoms with Gasteiger partial charge in [0, 0.05) is 25.5 Å². The van der Waals surface area contributed by atoms with E-state index in [0.717, 1.165) is 17.9 Å². The van der Waals surface area contributed by atoms with Gasteiger partial charge >= 0.3 is 0 Å². The molecule has 0 aliphatic heterocycles. The lowest BCUT2D eigenvalue weighted by molar-refractivity contribution is 0.101. The molecule has 0 heterocycles. The maximum atomic E-state index is 11.3. The molecule has 0 aliphatic carbocycles. The summed E-state index contributed by atoms with van der Waals surface area (Å²) >= 11 is 5.60. The van der Waals surface area contributed by atoms with Crippen molar-refractivity contribution in [1.29, 1.82) is 0 Å². The molecule has 1 aromatic carbocycles. The van der Waals surface area contributed by atoms with Crippen molar-refractivity contribution >= 4 is 23.1 Å². The molecule has 1 rings (SSSR count). The van der Waals surface area contributed by atoms with Gasteiger partial charge in [0.1, 0.15) is 5.75 Å². The molecular weight excluding hydrogens is 238 g/mol. The Balaban J connectivity index is 2.92. The van der Waals surface area contributed by atoms with Crippen LogP contribution in [0.15, 0.2) is 18.2 Å². The Morgan fingerprint density at radius 3 is 2.65 bits per heavy atom. The number of alkyl halides is 1. The van der Waals surface area contributed by atoms with Gasteiger partial charge in [0.05, 0.1) is 12.3 Å². The zero-order chi connectivity index (χ0) is 12.8. The minimum absolute atomic E-state index is 0.0559. The van der Waals surface area contributed by atoms with Crippen LogP contribution in [0.4, 0.5) is 5.69 Å². The summed E-state index contributed by atoms with van der Waals surface area (Å²) in [6.07, 6.45) is 0.808. The van der Waals surface area contributed by atoms with Gasteiger partial charge in [-0.3, -0.25) is 4.79 Å². The summed E-state index contributed by atoms with van der Waals surface area (Å²) in [5, 5.41) is 0. The number of carbonyl (C=O) groups excluding carboxylic acids is 1. The van der Waals surface area contributed by atoms with Crippen LogP contribution < -0.4 is 9.64 Å². The first-order valence-corrected chi connectivity index (χ1v) is 6.10. The molecule has 0 fully saturated rings. The van der Waals surface area contributed by atoms with Crippen molar-refractivity contribution in [3.63, 3.8) is 0 Å². The van der Waals surface area contributed by atoms with Crippen LogP contribution in [0.25, 0.3) is 0 Å². The summed E-state index contributed by atoms with van der Waals surface area (Å²) in [5.41, 5.74) is 1.60. The lowest BCUT2D eigenvalue weighted by atomic mass is 10.1. The first-order valence-electron chi connectivity index (χ1n) is 5.57. The predicted octanol–water partition coefficient (Wildman–Crippen LogP) is 2.96. The van der Waals surface area contributed by atoms with Crippen LogP contribution >= 0.6 is 11.6 Å². The van der Waals surface area contributed by atoms with Crippen LogP contribution in [0.5, 0.6) is 5.75 Å². The van der Waals surface area contributed by atoms with Crippen molar-refractivity contribution in [1.82, 2.24) is 0 Å². The molecule has 0 radical (unpaired) electrons. The third-order valence-corrected chi connectivity index (χ3v) is 2.65. The summed E-state index contributed by atoms with van der Waals surface area (Å²) in [6.45, 7) is 2.15. The first-order chi connectivity index (χ1) is 8.06. The van der Waals surface area contributed by atoms with Crippen LogP contribution in [0.2, 0.25) is 0 Å². The fourth-order valence-corrected chi connectivity index (χ4v) is 1.55. The van der Waals surface area contributed by atoms with Gasteiger partial charge in [0.25, 0.3) is 0 Å². The lowest BCUT2D eigenvalue weighted by Crippen LogP contribution is -2.12. The molecule has 0 N–H and O–H groups in total. The summed E-state index contributed by atoms with van der Waals surface area (Å²) in [5.74, 6) is 1.42. The van der Waals surface area contributed by atoms with E-state index in [-0.39, 0.29) is 5.78 Å². The van der Waals surface area contributed by atoms with E-state index in [1.165, 1.54) is 0 Å². The topological polar surface area (TPSA) is 29.5 Å². The van der Waals surface area contributed by atoms with Gasteiger partial charge in [-0.15, -0.1) is 11.6 Å². The minimum Gasteiger partial charge on any atom is -0.491 e. The Morgan fingerprint density at radius 1 is 1.41 bits per heavy atom. The first kappa shape index (κ1) is 13.8. The van der Waals surface area contributed by atoms with E-state index in [1.54, 1.807) is 13.0 Å². The highest BCUT2D eigenvalue weighted by molar-refractivity contribution is 6.17. The van der Waals surface area contributed by atoms with Crippen molar-refractivity contribution in [2.75, 3.05) is 31.5 Å². The largest absolute Gasteiger partial charge is 0.491 e. The highest BCUT2D eigenvalue weighted by Gasteiger charge is 2.09. The summed E-state index contributed by atoms with van der Waals surface area (Å²) in [6, 6.07) is 5.46. The zero-order valence-corrected chi connectivity index (χ0v) is 11.3. The van der Waals surface area contributed by atoms with Crippen molar-refractivity contribution in [2.45, 2.75) is 13.3 Å². The third-order valence-electron chi connectivity index (χ3n) is 2.38. The average molecular weight is 256 g/mol. The molecule has 0 spiro atoms. The molecule has 0 saturated heterocycles. The van der Waals surface area contributed by atoms with Crippen molar-refractivity contribution < 1.29 is 9.53 Å². The number of hydrogen-bond acceptors (Lipinski definition) is 3. The maximum Gasteiger partial charge on any atom is 0.159 e. The average Bonchev–Trinajstić information content (AvgIpc) is 2.29. The SMILES string of the molecule is CC(=O)c1ccc(OCCCCl)c(N(C)C)c1. The Labute approximate surface area is 107 Å². The molecule has 0 aromatic heterocycles. The van der Waals surface area contributed by atoms with Crippen LogP contribution in [-0.2, 0) is 0 Å². The van der Waals surface area contributed by atoms with Gasteiger partial charge in [-0.05, 0) is 31.5 Å². The Bertz CT molecular complexity index is 391. The highest BCUT2D eigenvalue weighted by atomic mass is 35.5. The van der Waals surface area contributed by atoms with Crippen molar-refractivity contribution in [3.05, 3.63) is 23.8 Å². The predicted molar refractivity (Wildman–Crippen MR) is 71.6 cm³/mol. The second-order valence-corrected chi connectivity index (χ2v) is 4.40. The highest BCUT2D eigenvalue weighted by Crippen LogP contribution is 2.28. The fourth-order valence-electron chi connectivity index (χ4n) is 1.44. The molecule has 0 unspecified atom stereocenters. The van der Waals surface area contributed by atoms with Gasteiger partial charge < -0.3 is 9.64 Å². The van der Waals surface area contributed by atoms with E-state index in [2.05, 4.69) is 0 Å². The molecule has 1 aromatic rings. The van der Waals surface area contributed by atoms with Gasteiger partial charge in [0.15, 0.2) is 5.78 Å². The van der Waals surface area contributed by atoms with Gasteiger partial charge in [-0.1, -0.05) is 0 Å². The number of hydrogen-bond donors (Lipinski definition) is 0. The quantitative estimate of drug-likeness (QED) is 0.445. The number of rotatable bonds is 6. The number of halogens is 1. The van der Waals surface area contributed by atoms with Gasteiger partial charge in [-0.25, -0.2) is 0 Å². The van der Waals surface area contributed by atoms with Crippen LogP contribution in [0.1, 0.15) is 23.7 Å². The molecule has 4 heteroatoms. The lowest BCUT2D eigenvalue weighted by Gasteiger charge is -2.18. The smallest absolute Gasteiger partial charge is 0.159 e. The molecular formula is C13H18ClNO2. The fraction of sp³-hybridized carbons (Fsp3) is 0.462. The molecule has 17 heavy (non-hydrogen) atoms. The van der Waals surface area contributed by atoms with E-state index in [1.807, 2.05) is 31.1 Å². The number of benzene rings is 1. The molecule has 0 saturated carbocycles. The Morgan fingerprint density at radius 2 is 2.12 bits per heavy atom. The monoisotopic (exact) mass is 255 g/mol. The molecule has 0 atom stereocenters. The molecule has 94 valence electrons. The van der Waals surface area contributed by atoms with Crippen LogP contribution in [0.3, 0.4) is 0 Å². The number of ether oxygens (including phenoxy) is 1. The number of carbonyl (C=O) groups is 1. The molecule has 0 amide bonds. The number of Topliss-reactive ketones (excluding diaryl/α,β-unsaturated/α-hetero) is 1. The van der Waals surface area contributed by atoms with Gasteiger partial charge in [0.2, 0.25) is 0 Å². The van der Waals surface area contributed by atoms with E-state index in [4.69, 9.17) is 16.3 Å². The molecule has 0 aliphatic rings. The van der Waals surface area contributed by atoms with E-state index in [9.17, 15) is 4.79 Å². The minimum atomic E-state index is 0.0559. The summed E-state index contributed by atoms with van der Waals surface area (Å²) in [4.78, 5) is 13.2. The molecule has 3 nitrogen and oxygen atoms in total. The normalized spacial score (nSPS) is 10.1. The van der Waals surface area contributed by atoms with Crippen molar-refractivity contribution in [2.24, 2.45) is 0 Å². The van der Waals surface area contributed by atoms with E-state index < -0.39 is 0 Å². The number of nitrogens with zero attached hydrogens (tertiary/aromatic N) is 1. The summed E-state index contributed by atoms with van der Waals surface area (Å²) < 4.78 is 5.64.